The van der Waals surface area contributed by atoms with Gasteiger partial charge in [-0.15, -0.1) is 0 Å². The van der Waals surface area contributed by atoms with Crippen molar-refractivity contribution in [3.63, 3.8) is 0 Å². The van der Waals surface area contributed by atoms with Crippen molar-refractivity contribution in [2.75, 3.05) is 26.0 Å². The minimum Gasteiger partial charge on any atom is -0.478 e. The van der Waals surface area contributed by atoms with E-state index >= 15 is 0 Å². The molecule has 1 aliphatic rings. The molecular weight excluding hydrogens is 247 g/mol. The fourth-order valence-electron chi connectivity index (χ4n) is 2.52. The minimum atomic E-state index is -1.24. The van der Waals surface area contributed by atoms with Crippen LogP contribution in [-0.4, -0.2) is 42.2 Å². The van der Waals surface area contributed by atoms with Crippen LogP contribution in [-0.2, 0) is 0 Å². The number of hydrogen-bond acceptors (Lipinski definition) is 3. The largest absolute Gasteiger partial charge is 0.478 e. The van der Waals surface area contributed by atoms with Gasteiger partial charge in [0.25, 0.3) is 0 Å². The normalized spacial score (nSPS) is 17.1. The number of aromatic carboxylic acids is 1. The van der Waals surface area contributed by atoms with Gasteiger partial charge < -0.3 is 15.3 Å². The zero-order valence-corrected chi connectivity index (χ0v) is 11.2. The van der Waals surface area contributed by atoms with E-state index in [1.54, 1.807) is 6.07 Å². The van der Waals surface area contributed by atoms with E-state index in [1.165, 1.54) is 18.6 Å². The van der Waals surface area contributed by atoms with E-state index in [1.807, 2.05) is 14.1 Å². The molecule has 1 fully saturated rings. The lowest BCUT2D eigenvalue weighted by Gasteiger charge is -2.47. The third-order valence-corrected chi connectivity index (χ3v) is 4.07. The Hall–Kier alpha value is -1.62. The van der Waals surface area contributed by atoms with Crippen molar-refractivity contribution >= 4 is 11.7 Å². The topological polar surface area (TPSA) is 52.6 Å². The molecule has 2 rings (SSSR count). The molecule has 0 saturated heterocycles. The van der Waals surface area contributed by atoms with Crippen LogP contribution >= 0.6 is 0 Å². The average Bonchev–Trinajstić information content (AvgIpc) is 2.26. The van der Waals surface area contributed by atoms with Gasteiger partial charge in [0, 0.05) is 12.1 Å². The van der Waals surface area contributed by atoms with Gasteiger partial charge in [-0.3, -0.25) is 0 Å². The molecule has 1 aromatic rings. The monoisotopic (exact) mass is 266 g/mol. The van der Waals surface area contributed by atoms with Crippen molar-refractivity contribution in [2.45, 2.75) is 24.8 Å². The number of benzene rings is 1. The summed E-state index contributed by atoms with van der Waals surface area (Å²) in [5.41, 5.74) is 0.124. The molecule has 1 aromatic carbocycles. The number of likely N-dealkylation sites (N-methyl/N-ethyl adjacent to an activating group) is 1. The first kappa shape index (κ1) is 13.8. The molecule has 0 unspecified atom stereocenters. The lowest BCUT2D eigenvalue weighted by Crippen LogP contribution is -2.54. The van der Waals surface area contributed by atoms with Crippen molar-refractivity contribution in [3.05, 3.63) is 29.6 Å². The maximum Gasteiger partial charge on any atom is 0.340 e. The Morgan fingerprint density at radius 2 is 2.16 bits per heavy atom. The van der Waals surface area contributed by atoms with E-state index in [2.05, 4.69) is 10.2 Å². The third kappa shape index (κ3) is 2.56. The summed E-state index contributed by atoms with van der Waals surface area (Å²) in [5, 5.41) is 12.2. The molecule has 19 heavy (non-hydrogen) atoms. The summed E-state index contributed by atoms with van der Waals surface area (Å²) >= 11 is 0. The number of carboxylic acids is 1. The highest BCUT2D eigenvalue weighted by molar-refractivity contribution is 5.94. The Bertz CT molecular complexity index is 484. The highest BCUT2D eigenvalue weighted by Crippen LogP contribution is 2.36. The second kappa shape index (κ2) is 5.17. The van der Waals surface area contributed by atoms with Crippen LogP contribution in [0.5, 0.6) is 0 Å². The number of rotatable bonds is 5. The Kier molecular flexibility index (Phi) is 3.75. The van der Waals surface area contributed by atoms with Crippen molar-refractivity contribution in [3.8, 4) is 0 Å². The molecule has 0 radical (unpaired) electrons. The molecule has 0 atom stereocenters. The Morgan fingerprint density at radius 1 is 1.47 bits per heavy atom. The standard InChI is InChI=1S/C14H19FN2O2/c1-17(2)14(7-4-8-14)9-16-11-6-3-5-10(15)12(11)13(18)19/h3,5-6,16H,4,7-9H2,1-2H3,(H,18,19). The predicted octanol–water partition coefficient (Wildman–Crippen LogP) is 2.42. The van der Waals surface area contributed by atoms with Crippen molar-refractivity contribution < 1.29 is 14.3 Å². The molecule has 0 aromatic heterocycles. The molecule has 1 aliphatic carbocycles. The first-order valence-corrected chi connectivity index (χ1v) is 6.39. The number of carboxylic acid groups (broad SMARTS) is 1. The van der Waals surface area contributed by atoms with Crippen molar-refractivity contribution in [1.29, 1.82) is 0 Å². The Morgan fingerprint density at radius 3 is 2.63 bits per heavy atom. The number of carbonyl (C=O) groups is 1. The first-order valence-electron chi connectivity index (χ1n) is 6.39. The fourth-order valence-corrected chi connectivity index (χ4v) is 2.52. The SMILES string of the molecule is CN(C)C1(CNc2cccc(F)c2C(=O)O)CCC1. The number of nitrogens with zero attached hydrogens (tertiary/aromatic N) is 1. The van der Waals surface area contributed by atoms with Gasteiger partial charge >= 0.3 is 5.97 Å². The molecule has 5 heteroatoms. The van der Waals surface area contributed by atoms with E-state index in [9.17, 15) is 9.18 Å². The number of hydrogen-bond donors (Lipinski definition) is 2. The van der Waals surface area contributed by atoms with Crippen LogP contribution in [0.15, 0.2) is 18.2 Å². The van der Waals surface area contributed by atoms with Crippen LogP contribution in [0.1, 0.15) is 29.6 Å². The molecule has 104 valence electrons. The van der Waals surface area contributed by atoms with Gasteiger partial charge in [-0.05, 0) is 45.5 Å². The van der Waals surface area contributed by atoms with Crippen LogP contribution in [0.25, 0.3) is 0 Å². The van der Waals surface area contributed by atoms with Gasteiger partial charge in [-0.25, -0.2) is 9.18 Å². The molecule has 4 nitrogen and oxygen atoms in total. The Balaban J connectivity index is 2.16. The summed E-state index contributed by atoms with van der Waals surface area (Å²) in [5.74, 6) is -1.95. The van der Waals surface area contributed by atoms with Gasteiger partial charge in [0.15, 0.2) is 0 Å². The van der Waals surface area contributed by atoms with Gasteiger partial charge in [0.05, 0.1) is 5.69 Å². The highest BCUT2D eigenvalue weighted by Gasteiger charge is 2.38. The summed E-state index contributed by atoms with van der Waals surface area (Å²) < 4.78 is 13.5. The maximum absolute atomic E-state index is 13.5. The molecule has 0 spiro atoms. The smallest absolute Gasteiger partial charge is 0.340 e. The van der Waals surface area contributed by atoms with E-state index in [4.69, 9.17) is 5.11 Å². The van der Waals surface area contributed by atoms with E-state index in [-0.39, 0.29) is 11.1 Å². The predicted molar refractivity (Wildman–Crippen MR) is 72.1 cm³/mol. The van der Waals surface area contributed by atoms with Gasteiger partial charge in [0.2, 0.25) is 0 Å². The highest BCUT2D eigenvalue weighted by atomic mass is 19.1. The van der Waals surface area contributed by atoms with Gasteiger partial charge in [-0.1, -0.05) is 6.07 Å². The zero-order chi connectivity index (χ0) is 14.0. The van der Waals surface area contributed by atoms with Gasteiger partial charge in [-0.2, -0.15) is 0 Å². The van der Waals surface area contributed by atoms with E-state index in [0.29, 0.717) is 12.2 Å². The summed E-state index contributed by atoms with van der Waals surface area (Å²) in [6, 6.07) is 4.29. The van der Waals surface area contributed by atoms with Crippen molar-refractivity contribution in [1.82, 2.24) is 4.90 Å². The summed E-state index contributed by atoms with van der Waals surface area (Å²) in [6.45, 7) is 0.629. The van der Waals surface area contributed by atoms with Crippen LogP contribution in [0.4, 0.5) is 10.1 Å². The average molecular weight is 266 g/mol. The summed E-state index contributed by atoms with van der Waals surface area (Å²) in [7, 11) is 4.04. The summed E-state index contributed by atoms with van der Waals surface area (Å²) in [6.07, 6.45) is 3.32. The molecule has 0 bridgehead atoms. The second-order valence-electron chi connectivity index (χ2n) is 5.29. The maximum atomic E-state index is 13.5. The third-order valence-electron chi connectivity index (χ3n) is 4.07. The Labute approximate surface area is 112 Å². The number of nitrogens with one attached hydrogen (secondary N) is 1. The molecule has 0 aliphatic heterocycles. The fraction of sp³-hybridized carbons (Fsp3) is 0.500. The summed E-state index contributed by atoms with van der Waals surface area (Å²) in [4.78, 5) is 13.3. The molecule has 1 saturated carbocycles. The first-order chi connectivity index (χ1) is 8.96. The van der Waals surface area contributed by atoms with Crippen LogP contribution < -0.4 is 5.32 Å². The number of halogens is 1. The zero-order valence-electron chi connectivity index (χ0n) is 11.2. The molecular formula is C14H19FN2O2. The van der Waals surface area contributed by atoms with Crippen molar-refractivity contribution in [2.24, 2.45) is 0 Å². The lowest BCUT2D eigenvalue weighted by atomic mass is 9.75. The van der Waals surface area contributed by atoms with E-state index < -0.39 is 11.8 Å². The second-order valence-corrected chi connectivity index (χ2v) is 5.29. The number of anilines is 1. The lowest BCUT2D eigenvalue weighted by molar-refractivity contribution is 0.0689. The van der Waals surface area contributed by atoms with Crippen LogP contribution in [0.3, 0.4) is 0 Å². The van der Waals surface area contributed by atoms with E-state index in [0.717, 1.165) is 12.8 Å². The molecule has 2 N–H and O–H groups in total. The van der Waals surface area contributed by atoms with Crippen LogP contribution in [0.2, 0.25) is 0 Å². The molecule has 0 heterocycles. The molecule has 0 amide bonds. The quantitative estimate of drug-likeness (QED) is 0.859. The van der Waals surface area contributed by atoms with Crippen LogP contribution in [0, 0.1) is 5.82 Å². The minimum absolute atomic E-state index is 0.0576. The van der Waals surface area contributed by atoms with Gasteiger partial charge in [0.1, 0.15) is 11.4 Å².